The summed E-state index contributed by atoms with van der Waals surface area (Å²) in [5.74, 6) is 0. The number of rotatable bonds is 4. The fourth-order valence-electron chi connectivity index (χ4n) is 3.11. The fraction of sp³-hybridized carbons (Fsp3) is 0.800. The van der Waals surface area contributed by atoms with Crippen LogP contribution in [0.2, 0.25) is 0 Å². The van der Waals surface area contributed by atoms with Crippen molar-refractivity contribution in [3.63, 3.8) is 0 Å². The predicted octanol–water partition coefficient (Wildman–Crippen LogP) is 1.71. The van der Waals surface area contributed by atoms with Crippen LogP contribution in [-0.2, 0) is 15.9 Å². The lowest BCUT2D eigenvalue weighted by atomic mass is 9.96. The molecule has 112 valence electrons. The van der Waals surface area contributed by atoms with Crippen molar-refractivity contribution in [3.8, 4) is 0 Å². The summed E-state index contributed by atoms with van der Waals surface area (Å²) in [6.07, 6.45) is 8.23. The SMILES string of the molecule is OC(Cc1ccn(C2CCCCC2)n1)C1COCCO1. The molecule has 2 heterocycles. The van der Waals surface area contributed by atoms with E-state index in [1.165, 1.54) is 32.1 Å². The summed E-state index contributed by atoms with van der Waals surface area (Å²) in [5.41, 5.74) is 0.942. The Hall–Kier alpha value is -0.910. The van der Waals surface area contributed by atoms with Crippen LogP contribution in [0.1, 0.15) is 43.8 Å². The molecule has 0 bridgehead atoms. The van der Waals surface area contributed by atoms with Gasteiger partial charge in [0, 0.05) is 12.6 Å². The van der Waals surface area contributed by atoms with Crippen LogP contribution in [0.5, 0.6) is 0 Å². The van der Waals surface area contributed by atoms with E-state index in [0.717, 1.165) is 5.69 Å². The average molecular weight is 280 g/mol. The van der Waals surface area contributed by atoms with Crippen LogP contribution in [-0.4, -0.2) is 46.9 Å². The molecule has 1 aliphatic carbocycles. The van der Waals surface area contributed by atoms with Crippen LogP contribution in [0.3, 0.4) is 0 Å². The molecule has 0 aromatic carbocycles. The van der Waals surface area contributed by atoms with Crippen molar-refractivity contribution in [2.45, 2.75) is 56.8 Å². The molecule has 3 rings (SSSR count). The quantitative estimate of drug-likeness (QED) is 0.912. The number of ether oxygens (including phenoxy) is 2. The van der Waals surface area contributed by atoms with E-state index in [1.807, 2.05) is 6.07 Å². The van der Waals surface area contributed by atoms with Gasteiger partial charge in [-0.15, -0.1) is 0 Å². The third kappa shape index (κ3) is 3.40. The van der Waals surface area contributed by atoms with Gasteiger partial charge in [-0.2, -0.15) is 5.10 Å². The first kappa shape index (κ1) is 14.0. The summed E-state index contributed by atoms with van der Waals surface area (Å²) in [4.78, 5) is 0. The molecular formula is C15H24N2O3. The number of aromatic nitrogens is 2. The van der Waals surface area contributed by atoms with E-state index < -0.39 is 6.10 Å². The van der Waals surface area contributed by atoms with Gasteiger partial charge in [-0.1, -0.05) is 19.3 Å². The zero-order valence-corrected chi connectivity index (χ0v) is 11.9. The Balaban J connectivity index is 1.56. The van der Waals surface area contributed by atoms with Crippen molar-refractivity contribution in [2.24, 2.45) is 0 Å². The highest BCUT2D eigenvalue weighted by atomic mass is 16.6. The van der Waals surface area contributed by atoms with Gasteiger partial charge in [-0.25, -0.2) is 0 Å². The number of aliphatic hydroxyl groups excluding tert-OH is 1. The molecule has 2 aliphatic rings. The summed E-state index contributed by atoms with van der Waals surface area (Å²) in [7, 11) is 0. The molecule has 1 saturated carbocycles. The first-order chi connectivity index (χ1) is 9.83. The van der Waals surface area contributed by atoms with Gasteiger partial charge in [0.2, 0.25) is 0 Å². The van der Waals surface area contributed by atoms with E-state index in [-0.39, 0.29) is 6.10 Å². The highest BCUT2D eigenvalue weighted by Gasteiger charge is 2.24. The monoisotopic (exact) mass is 280 g/mol. The molecule has 20 heavy (non-hydrogen) atoms. The van der Waals surface area contributed by atoms with Gasteiger partial charge in [-0.3, -0.25) is 4.68 Å². The van der Waals surface area contributed by atoms with Crippen LogP contribution in [0, 0.1) is 0 Å². The molecule has 1 aromatic heterocycles. The molecular weight excluding hydrogens is 256 g/mol. The van der Waals surface area contributed by atoms with Gasteiger partial charge in [0.25, 0.3) is 0 Å². The molecule has 2 unspecified atom stereocenters. The Bertz CT molecular complexity index is 409. The van der Waals surface area contributed by atoms with Gasteiger partial charge in [0.1, 0.15) is 6.10 Å². The Labute approximate surface area is 119 Å². The first-order valence-corrected chi connectivity index (χ1v) is 7.74. The highest BCUT2D eigenvalue weighted by molar-refractivity contribution is 5.02. The Kier molecular flexibility index (Phi) is 4.70. The summed E-state index contributed by atoms with van der Waals surface area (Å²) >= 11 is 0. The summed E-state index contributed by atoms with van der Waals surface area (Å²) in [5, 5.41) is 14.8. The molecule has 0 radical (unpaired) electrons. The van der Waals surface area contributed by atoms with Crippen molar-refractivity contribution in [2.75, 3.05) is 19.8 Å². The first-order valence-electron chi connectivity index (χ1n) is 7.74. The smallest absolute Gasteiger partial charge is 0.107 e. The molecule has 1 aromatic rings. The molecule has 2 fully saturated rings. The molecule has 1 N–H and O–H groups in total. The van der Waals surface area contributed by atoms with E-state index in [9.17, 15) is 5.11 Å². The maximum absolute atomic E-state index is 10.2. The largest absolute Gasteiger partial charge is 0.390 e. The topological polar surface area (TPSA) is 56.5 Å². The molecule has 0 amide bonds. The van der Waals surface area contributed by atoms with Gasteiger partial charge in [0.05, 0.1) is 37.7 Å². The minimum atomic E-state index is -0.537. The van der Waals surface area contributed by atoms with E-state index in [1.54, 1.807) is 0 Å². The van der Waals surface area contributed by atoms with E-state index in [2.05, 4.69) is 16.0 Å². The summed E-state index contributed by atoms with van der Waals surface area (Å²) < 4.78 is 12.9. The highest BCUT2D eigenvalue weighted by Crippen LogP contribution is 2.27. The third-order valence-corrected chi connectivity index (χ3v) is 4.30. The molecule has 5 nitrogen and oxygen atoms in total. The maximum atomic E-state index is 10.2. The Morgan fingerprint density at radius 1 is 1.30 bits per heavy atom. The minimum Gasteiger partial charge on any atom is -0.390 e. The number of aliphatic hydroxyl groups is 1. The van der Waals surface area contributed by atoms with Crippen molar-refractivity contribution in [1.29, 1.82) is 0 Å². The lowest BCUT2D eigenvalue weighted by Gasteiger charge is -2.26. The second kappa shape index (κ2) is 6.70. The molecule has 1 aliphatic heterocycles. The van der Waals surface area contributed by atoms with Crippen molar-refractivity contribution >= 4 is 0 Å². The fourth-order valence-corrected chi connectivity index (χ4v) is 3.11. The zero-order chi connectivity index (χ0) is 13.8. The van der Waals surface area contributed by atoms with E-state index in [4.69, 9.17) is 9.47 Å². The van der Waals surface area contributed by atoms with Crippen LogP contribution < -0.4 is 0 Å². The molecule has 1 saturated heterocycles. The zero-order valence-electron chi connectivity index (χ0n) is 11.9. The molecule has 5 heteroatoms. The second-order valence-electron chi connectivity index (χ2n) is 5.83. The lowest BCUT2D eigenvalue weighted by Crippen LogP contribution is -2.39. The van der Waals surface area contributed by atoms with Gasteiger partial charge in [0.15, 0.2) is 0 Å². The Morgan fingerprint density at radius 2 is 2.15 bits per heavy atom. The third-order valence-electron chi connectivity index (χ3n) is 4.30. The summed E-state index contributed by atoms with van der Waals surface area (Å²) in [6.45, 7) is 1.67. The Morgan fingerprint density at radius 3 is 2.90 bits per heavy atom. The number of nitrogens with zero attached hydrogens (tertiary/aromatic N) is 2. The van der Waals surface area contributed by atoms with Crippen molar-refractivity contribution in [1.82, 2.24) is 9.78 Å². The number of hydrogen-bond donors (Lipinski definition) is 1. The average Bonchev–Trinajstić information content (AvgIpc) is 2.97. The maximum Gasteiger partial charge on any atom is 0.107 e. The van der Waals surface area contributed by atoms with E-state index in [0.29, 0.717) is 32.3 Å². The predicted molar refractivity (Wildman–Crippen MR) is 74.6 cm³/mol. The normalized spacial score (nSPS) is 26.6. The second-order valence-corrected chi connectivity index (χ2v) is 5.83. The van der Waals surface area contributed by atoms with Crippen LogP contribution in [0.15, 0.2) is 12.3 Å². The van der Waals surface area contributed by atoms with Crippen LogP contribution in [0.4, 0.5) is 0 Å². The van der Waals surface area contributed by atoms with Crippen LogP contribution in [0.25, 0.3) is 0 Å². The molecule has 0 spiro atoms. The van der Waals surface area contributed by atoms with Crippen molar-refractivity contribution in [3.05, 3.63) is 18.0 Å². The minimum absolute atomic E-state index is 0.219. The van der Waals surface area contributed by atoms with Crippen LogP contribution >= 0.6 is 0 Å². The standard InChI is InChI=1S/C15H24N2O3/c18-14(15-11-19-8-9-20-15)10-12-6-7-17(16-12)13-4-2-1-3-5-13/h6-7,13-15,18H,1-5,8-11H2. The lowest BCUT2D eigenvalue weighted by molar-refractivity contribution is -0.131. The molecule has 2 atom stereocenters. The van der Waals surface area contributed by atoms with Gasteiger partial charge >= 0.3 is 0 Å². The van der Waals surface area contributed by atoms with Crippen molar-refractivity contribution < 1.29 is 14.6 Å². The van der Waals surface area contributed by atoms with Gasteiger partial charge < -0.3 is 14.6 Å². The number of hydrogen-bond acceptors (Lipinski definition) is 4. The van der Waals surface area contributed by atoms with Gasteiger partial charge in [-0.05, 0) is 18.9 Å². The summed E-state index contributed by atoms with van der Waals surface area (Å²) in [6, 6.07) is 2.56. The van der Waals surface area contributed by atoms with E-state index >= 15 is 0 Å².